The molecule has 8 heteroatoms. The number of benzene rings is 1. The van der Waals surface area contributed by atoms with Crippen LogP contribution in [0.15, 0.2) is 33.7 Å². The van der Waals surface area contributed by atoms with Crippen molar-refractivity contribution in [2.24, 2.45) is 5.73 Å². The molecule has 0 unspecified atom stereocenters. The topological polar surface area (TPSA) is 115 Å². The SMILES string of the molecule is Cc1noc(NS(=O)(=O)c2ccc(C(N)=O)cc2)c1C. The van der Waals surface area contributed by atoms with Gasteiger partial charge < -0.3 is 10.3 Å². The molecule has 7 nitrogen and oxygen atoms in total. The van der Waals surface area contributed by atoms with Crippen molar-refractivity contribution in [2.75, 3.05) is 4.72 Å². The lowest BCUT2D eigenvalue weighted by molar-refractivity contribution is 0.1000. The highest BCUT2D eigenvalue weighted by molar-refractivity contribution is 7.92. The molecule has 0 saturated heterocycles. The van der Waals surface area contributed by atoms with Crippen molar-refractivity contribution in [1.29, 1.82) is 0 Å². The van der Waals surface area contributed by atoms with Crippen LogP contribution in [0.25, 0.3) is 0 Å². The first-order valence-corrected chi connectivity index (χ1v) is 7.15. The van der Waals surface area contributed by atoms with Crippen LogP contribution in [0.4, 0.5) is 5.88 Å². The summed E-state index contributed by atoms with van der Waals surface area (Å²) in [4.78, 5) is 10.9. The van der Waals surface area contributed by atoms with Gasteiger partial charge in [0.25, 0.3) is 10.0 Å². The van der Waals surface area contributed by atoms with E-state index in [0.29, 0.717) is 11.3 Å². The molecule has 3 N–H and O–H groups in total. The minimum atomic E-state index is -3.80. The van der Waals surface area contributed by atoms with E-state index < -0.39 is 15.9 Å². The summed E-state index contributed by atoms with van der Waals surface area (Å²) in [5, 5.41) is 3.67. The standard InChI is InChI=1S/C12H13N3O4S/c1-7-8(2)14-19-12(7)15-20(17,18)10-5-3-9(4-6-10)11(13)16/h3-6,15H,1-2H3,(H2,13,16). The Labute approximate surface area is 115 Å². The fourth-order valence-electron chi connectivity index (χ4n) is 1.49. The van der Waals surface area contributed by atoms with Crippen LogP contribution in [0.2, 0.25) is 0 Å². The molecule has 0 spiro atoms. The van der Waals surface area contributed by atoms with E-state index in [1.165, 1.54) is 24.3 Å². The van der Waals surface area contributed by atoms with Crippen molar-refractivity contribution in [1.82, 2.24) is 5.16 Å². The van der Waals surface area contributed by atoms with Crippen molar-refractivity contribution in [3.8, 4) is 0 Å². The zero-order valence-corrected chi connectivity index (χ0v) is 11.7. The summed E-state index contributed by atoms with van der Waals surface area (Å²) in [6.45, 7) is 3.40. The van der Waals surface area contributed by atoms with E-state index in [1.54, 1.807) is 13.8 Å². The van der Waals surface area contributed by atoms with Crippen molar-refractivity contribution >= 4 is 21.8 Å². The minimum Gasteiger partial charge on any atom is -0.366 e. The van der Waals surface area contributed by atoms with Gasteiger partial charge in [-0.3, -0.25) is 4.79 Å². The molecule has 2 aromatic rings. The Hall–Kier alpha value is -2.35. The van der Waals surface area contributed by atoms with Gasteiger partial charge in [0.1, 0.15) is 0 Å². The molecule has 20 heavy (non-hydrogen) atoms. The van der Waals surface area contributed by atoms with Gasteiger partial charge in [0.15, 0.2) is 0 Å². The van der Waals surface area contributed by atoms with Gasteiger partial charge in [-0.15, -0.1) is 0 Å². The Balaban J connectivity index is 2.31. The largest absolute Gasteiger partial charge is 0.366 e. The third-order valence-corrected chi connectivity index (χ3v) is 4.18. The van der Waals surface area contributed by atoms with Crippen LogP contribution in [-0.4, -0.2) is 19.5 Å². The Kier molecular flexibility index (Phi) is 3.49. The quantitative estimate of drug-likeness (QED) is 0.879. The number of aromatic nitrogens is 1. The highest BCUT2D eigenvalue weighted by atomic mass is 32.2. The smallest absolute Gasteiger partial charge is 0.264 e. The number of aryl methyl sites for hydroxylation is 1. The number of carbonyl (C=O) groups is 1. The first kappa shape index (κ1) is 14.1. The van der Waals surface area contributed by atoms with E-state index in [4.69, 9.17) is 10.3 Å². The molecule has 0 fully saturated rings. The first-order chi connectivity index (χ1) is 9.31. The van der Waals surface area contributed by atoms with Gasteiger partial charge in [-0.05, 0) is 38.1 Å². The van der Waals surface area contributed by atoms with Crippen LogP contribution in [-0.2, 0) is 10.0 Å². The number of hydrogen-bond donors (Lipinski definition) is 2. The predicted octanol–water partition coefficient (Wildman–Crippen LogP) is 1.19. The van der Waals surface area contributed by atoms with E-state index in [2.05, 4.69) is 9.88 Å². The van der Waals surface area contributed by atoms with E-state index in [-0.39, 0.29) is 16.3 Å². The summed E-state index contributed by atoms with van der Waals surface area (Å²) in [6.07, 6.45) is 0. The number of sulfonamides is 1. The normalized spacial score (nSPS) is 11.3. The molecule has 1 amide bonds. The highest BCUT2D eigenvalue weighted by Gasteiger charge is 2.19. The molecule has 0 aliphatic heterocycles. The Bertz CT molecular complexity index is 748. The maximum atomic E-state index is 12.1. The number of rotatable bonds is 4. The van der Waals surface area contributed by atoms with Crippen LogP contribution in [0.1, 0.15) is 21.6 Å². The Morgan fingerprint density at radius 3 is 2.30 bits per heavy atom. The lowest BCUT2D eigenvalue weighted by Crippen LogP contribution is -2.14. The lowest BCUT2D eigenvalue weighted by atomic mass is 10.2. The Morgan fingerprint density at radius 1 is 1.25 bits per heavy atom. The van der Waals surface area contributed by atoms with Crippen LogP contribution in [0.3, 0.4) is 0 Å². The van der Waals surface area contributed by atoms with Gasteiger partial charge in [0.05, 0.1) is 10.6 Å². The fourth-order valence-corrected chi connectivity index (χ4v) is 2.54. The second kappa shape index (κ2) is 4.97. The van der Waals surface area contributed by atoms with Crippen LogP contribution in [0, 0.1) is 13.8 Å². The van der Waals surface area contributed by atoms with Crippen LogP contribution < -0.4 is 10.5 Å². The second-order valence-electron chi connectivity index (χ2n) is 4.22. The van der Waals surface area contributed by atoms with E-state index in [0.717, 1.165) is 0 Å². The molecular formula is C12H13N3O4S. The van der Waals surface area contributed by atoms with Gasteiger partial charge in [-0.2, -0.15) is 0 Å². The number of nitrogens with one attached hydrogen (secondary N) is 1. The molecule has 0 bridgehead atoms. The fraction of sp³-hybridized carbons (Fsp3) is 0.167. The zero-order valence-electron chi connectivity index (χ0n) is 10.9. The zero-order chi connectivity index (χ0) is 14.9. The summed E-state index contributed by atoms with van der Waals surface area (Å²) in [7, 11) is -3.80. The first-order valence-electron chi connectivity index (χ1n) is 5.67. The monoisotopic (exact) mass is 295 g/mol. The van der Waals surface area contributed by atoms with Crippen molar-refractivity contribution in [2.45, 2.75) is 18.7 Å². The van der Waals surface area contributed by atoms with Gasteiger partial charge in [-0.1, -0.05) is 5.16 Å². The molecule has 1 heterocycles. The van der Waals surface area contributed by atoms with E-state index in [9.17, 15) is 13.2 Å². The van der Waals surface area contributed by atoms with Gasteiger partial charge in [0, 0.05) is 11.1 Å². The summed E-state index contributed by atoms with van der Waals surface area (Å²) in [5.41, 5.74) is 6.54. The number of primary amides is 1. The maximum absolute atomic E-state index is 12.1. The molecule has 2 rings (SSSR count). The molecule has 0 radical (unpaired) electrons. The lowest BCUT2D eigenvalue weighted by Gasteiger charge is -2.06. The summed E-state index contributed by atoms with van der Waals surface area (Å²) in [5.74, 6) is -0.551. The average Bonchev–Trinajstić information content (AvgIpc) is 2.70. The molecule has 1 aromatic heterocycles. The Morgan fingerprint density at radius 2 is 1.85 bits per heavy atom. The molecule has 0 aliphatic carbocycles. The maximum Gasteiger partial charge on any atom is 0.264 e. The third kappa shape index (κ3) is 2.64. The van der Waals surface area contributed by atoms with Crippen molar-refractivity contribution in [3.63, 3.8) is 0 Å². The number of anilines is 1. The molecule has 0 aliphatic rings. The van der Waals surface area contributed by atoms with Crippen LogP contribution in [0.5, 0.6) is 0 Å². The predicted molar refractivity (Wildman–Crippen MR) is 71.7 cm³/mol. The molecular weight excluding hydrogens is 282 g/mol. The van der Waals surface area contributed by atoms with Gasteiger partial charge in [0.2, 0.25) is 11.8 Å². The molecule has 0 saturated carbocycles. The molecule has 1 aromatic carbocycles. The number of nitrogens with zero attached hydrogens (tertiary/aromatic N) is 1. The minimum absolute atomic E-state index is 0.00375. The molecule has 106 valence electrons. The van der Waals surface area contributed by atoms with E-state index in [1.807, 2.05) is 0 Å². The highest BCUT2D eigenvalue weighted by Crippen LogP contribution is 2.21. The van der Waals surface area contributed by atoms with Crippen LogP contribution >= 0.6 is 0 Å². The van der Waals surface area contributed by atoms with Crippen molar-refractivity contribution in [3.05, 3.63) is 41.1 Å². The number of nitrogens with two attached hydrogens (primary N) is 1. The number of carbonyl (C=O) groups excluding carboxylic acids is 1. The van der Waals surface area contributed by atoms with E-state index >= 15 is 0 Å². The van der Waals surface area contributed by atoms with Crippen molar-refractivity contribution < 1.29 is 17.7 Å². The van der Waals surface area contributed by atoms with Gasteiger partial charge in [-0.25, -0.2) is 13.1 Å². The number of amides is 1. The van der Waals surface area contributed by atoms with Gasteiger partial charge >= 0.3 is 0 Å². The molecule has 0 atom stereocenters. The summed E-state index contributed by atoms with van der Waals surface area (Å²) < 4.78 is 31.5. The number of hydrogen-bond acceptors (Lipinski definition) is 5. The summed E-state index contributed by atoms with van der Waals surface area (Å²) >= 11 is 0. The average molecular weight is 295 g/mol. The summed E-state index contributed by atoms with van der Waals surface area (Å²) in [6, 6.07) is 5.27. The third-order valence-electron chi connectivity index (χ3n) is 2.83. The second-order valence-corrected chi connectivity index (χ2v) is 5.90.